The highest BCUT2D eigenvalue weighted by Gasteiger charge is 2.27. The van der Waals surface area contributed by atoms with Crippen LogP contribution in [0.3, 0.4) is 0 Å². The number of nitrogens with one attached hydrogen (secondary N) is 2. The molecule has 2 aromatic carbocycles. The number of carbonyl (C=O) groups excluding carboxylic acids is 1. The van der Waals surface area contributed by atoms with Crippen LogP contribution in [0.25, 0.3) is 10.3 Å². The van der Waals surface area contributed by atoms with Crippen LogP contribution in [0.2, 0.25) is 0 Å². The van der Waals surface area contributed by atoms with E-state index in [0.717, 1.165) is 29.0 Å². The lowest BCUT2D eigenvalue weighted by Gasteiger charge is -2.18. The predicted octanol–water partition coefficient (Wildman–Crippen LogP) is 3.87. The summed E-state index contributed by atoms with van der Waals surface area (Å²) in [6, 6.07) is 13.2. The molecule has 0 spiro atoms. The second-order valence-electron chi connectivity index (χ2n) is 8.45. The van der Waals surface area contributed by atoms with Crippen molar-refractivity contribution >= 4 is 51.5 Å². The standard InChI is InChI=1S/C25H26N6O3S.CH2O2/c1-15-4-6-16(7-5-15)23(32)28-18-10-11-31(13-18)25-29-22(21-24(30-25)35-14-26-21)27-17-8-9-19(33-2)20(12-17)34-3;2-1-3/h4-9,12,14,18H,10-11,13H2,1-3H3,(H,28,32)(H,27,29,30);1H,(H,2,3). The largest absolute Gasteiger partial charge is 0.493 e. The van der Waals surface area contributed by atoms with Crippen LogP contribution in [-0.4, -0.2) is 65.8 Å². The third-order valence-corrected chi connectivity index (χ3v) is 6.67. The average Bonchev–Trinajstić information content (AvgIpc) is 3.59. The molecule has 11 nitrogen and oxygen atoms in total. The molecule has 1 amide bonds. The highest BCUT2D eigenvalue weighted by atomic mass is 32.1. The first-order valence-electron chi connectivity index (χ1n) is 11.8. The maximum absolute atomic E-state index is 12.7. The maximum atomic E-state index is 12.7. The first kappa shape index (κ1) is 26.6. The molecule has 4 aromatic rings. The monoisotopic (exact) mass is 536 g/mol. The minimum atomic E-state index is -0.250. The highest BCUT2D eigenvalue weighted by Crippen LogP contribution is 2.33. The molecule has 1 unspecified atom stereocenters. The summed E-state index contributed by atoms with van der Waals surface area (Å²) in [4.78, 5) is 37.9. The number of methoxy groups -OCH3 is 2. The molecule has 2 aromatic heterocycles. The van der Waals surface area contributed by atoms with Gasteiger partial charge in [-0.05, 0) is 37.6 Å². The Morgan fingerprint density at radius 3 is 2.58 bits per heavy atom. The summed E-state index contributed by atoms with van der Waals surface area (Å²) in [6.45, 7) is 3.14. The van der Waals surface area contributed by atoms with E-state index >= 15 is 0 Å². The predicted molar refractivity (Wildman–Crippen MR) is 146 cm³/mol. The number of amides is 1. The number of aryl methyl sites for hydroxylation is 1. The molecule has 5 rings (SSSR count). The molecule has 0 radical (unpaired) electrons. The molecular weight excluding hydrogens is 508 g/mol. The van der Waals surface area contributed by atoms with Crippen LogP contribution in [0.15, 0.2) is 48.0 Å². The van der Waals surface area contributed by atoms with E-state index < -0.39 is 0 Å². The van der Waals surface area contributed by atoms with Crippen molar-refractivity contribution in [1.82, 2.24) is 20.3 Å². The molecule has 3 heterocycles. The summed E-state index contributed by atoms with van der Waals surface area (Å²) in [6.07, 6.45) is 0.820. The molecule has 1 saturated heterocycles. The molecule has 38 heavy (non-hydrogen) atoms. The number of hydrogen-bond donors (Lipinski definition) is 3. The van der Waals surface area contributed by atoms with Crippen LogP contribution in [0, 0.1) is 6.92 Å². The van der Waals surface area contributed by atoms with Crippen molar-refractivity contribution < 1.29 is 24.2 Å². The minimum Gasteiger partial charge on any atom is -0.493 e. The molecule has 0 bridgehead atoms. The summed E-state index contributed by atoms with van der Waals surface area (Å²) in [5.74, 6) is 2.43. The van der Waals surface area contributed by atoms with Crippen molar-refractivity contribution in [2.24, 2.45) is 0 Å². The van der Waals surface area contributed by atoms with Gasteiger partial charge >= 0.3 is 0 Å². The average molecular weight is 537 g/mol. The summed E-state index contributed by atoms with van der Waals surface area (Å²) < 4.78 is 10.8. The van der Waals surface area contributed by atoms with Gasteiger partial charge in [-0.3, -0.25) is 9.59 Å². The third kappa shape index (κ3) is 6.09. The van der Waals surface area contributed by atoms with Gasteiger partial charge in [-0.25, -0.2) is 4.98 Å². The number of ether oxygens (including phenoxy) is 2. The van der Waals surface area contributed by atoms with Gasteiger partial charge in [0.25, 0.3) is 12.4 Å². The zero-order valence-corrected chi connectivity index (χ0v) is 22.0. The first-order chi connectivity index (χ1) is 18.4. The smallest absolute Gasteiger partial charge is 0.290 e. The van der Waals surface area contributed by atoms with Crippen LogP contribution < -0.4 is 25.0 Å². The van der Waals surface area contributed by atoms with Crippen molar-refractivity contribution in [3.05, 3.63) is 59.1 Å². The number of anilines is 3. The molecule has 198 valence electrons. The van der Waals surface area contributed by atoms with Crippen LogP contribution in [0.5, 0.6) is 11.5 Å². The van der Waals surface area contributed by atoms with Crippen molar-refractivity contribution in [1.29, 1.82) is 0 Å². The number of carbonyl (C=O) groups is 2. The Labute approximate surface area is 223 Å². The van der Waals surface area contributed by atoms with Gasteiger partial charge in [-0.1, -0.05) is 17.7 Å². The lowest BCUT2D eigenvalue weighted by Crippen LogP contribution is -2.37. The summed E-state index contributed by atoms with van der Waals surface area (Å²) >= 11 is 1.47. The van der Waals surface area contributed by atoms with Gasteiger partial charge in [-0.2, -0.15) is 9.97 Å². The number of rotatable bonds is 7. The first-order valence-corrected chi connectivity index (χ1v) is 12.6. The van der Waals surface area contributed by atoms with Crippen molar-refractivity contribution in [2.45, 2.75) is 19.4 Å². The Bertz CT molecular complexity index is 1410. The van der Waals surface area contributed by atoms with E-state index in [4.69, 9.17) is 29.3 Å². The topological polar surface area (TPSA) is 139 Å². The Morgan fingerprint density at radius 1 is 1.13 bits per heavy atom. The summed E-state index contributed by atoms with van der Waals surface area (Å²) in [5, 5.41) is 13.4. The van der Waals surface area contributed by atoms with Crippen molar-refractivity contribution in [3.63, 3.8) is 0 Å². The van der Waals surface area contributed by atoms with Crippen LogP contribution in [-0.2, 0) is 4.79 Å². The Hall–Kier alpha value is -4.45. The second kappa shape index (κ2) is 12.2. The SMILES string of the molecule is COc1ccc(Nc2nc(N3CCC(NC(=O)c4ccc(C)cc4)C3)nc3scnc23)cc1OC.O=CO. The molecule has 1 atom stereocenters. The summed E-state index contributed by atoms with van der Waals surface area (Å²) in [7, 11) is 3.21. The van der Waals surface area contributed by atoms with Crippen LogP contribution in [0.4, 0.5) is 17.5 Å². The molecular formula is C26H28N6O5S. The van der Waals surface area contributed by atoms with Gasteiger partial charge in [0, 0.05) is 36.4 Å². The number of hydrogen-bond acceptors (Lipinski definition) is 10. The molecule has 0 aliphatic carbocycles. The lowest BCUT2D eigenvalue weighted by molar-refractivity contribution is -0.122. The molecule has 12 heteroatoms. The van der Waals surface area contributed by atoms with Gasteiger partial charge in [0.05, 0.1) is 19.7 Å². The van der Waals surface area contributed by atoms with Gasteiger partial charge in [0.1, 0.15) is 5.52 Å². The zero-order valence-electron chi connectivity index (χ0n) is 21.2. The van der Waals surface area contributed by atoms with E-state index in [1.54, 1.807) is 19.7 Å². The van der Waals surface area contributed by atoms with E-state index in [0.29, 0.717) is 40.9 Å². The van der Waals surface area contributed by atoms with E-state index in [9.17, 15) is 4.79 Å². The number of benzene rings is 2. The number of fused-ring (bicyclic) bond motifs is 1. The van der Waals surface area contributed by atoms with E-state index in [-0.39, 0.29) is 18.4 Å². The molecule has 1 aliphatic rings. The fraction of sp³-hybridized carbons (Fsp3) is 0.269. The Kier molecular flexibility index (Phi) is 8.54. The van der Waals surface area contributed by atoms with Gasteiger partial charge in [0.15, 0.2) is 22.1 Å². The van der Waals surface area contributed by atoms with Crippen molar-refractivity contribution in [2.75, 3.05) is 37.5 Å². The van der Waals surface area contributed by atoms with E-state index in [1.807, 2.05) is 49.4 Å². The second-order valence-corrected chi connectivity index (χ2v) is 9.28. The third-order valence-electron chi connectivity index (χ3n) is 5.95. The fourth-order valence-corrected chi connectivity index (χ4v) is 4.72. The highest BCUT2D eigenvalue weighted by molar-refractivity contribution is 7.16. The summed E-state index contributed by atoms with van der Waals surface area (Å²) in [5.41, 5.74) is 5.06. The fourth-order valence-electron chi connectivity index (χ4n) is 4.06. The zero-order chi connectivity index (χ0) is 27.1. The maximum Gasteiger partial charge on any atom is 0.290 e. The minimum absolute atomic E-state index is 0.0202. The lowest BCUT2D eigenvalue weighted by atomic mass is 10.1. The molecule has 1 aliphatic heterocycles. The number of carboxylic acid groups (broad SMARTS) is 1. The van der Waals surface area contributed by atoms with Crippen LogP contribution >= 0.6 is 11.3 Å². The van der Waals surface area contributed by atoms with Gasteiger partial charge in [-0.15, -0.1) is 11.3 Å². The quantitative estimate of drug-likeness (QED) is 0.298. The number of thiazole rings is 1. The van der Waals surface area contributed by atoms with Crippen molar-refractivity contribution in [3.8, 4) is 11.5 Å². The molecule has 3 N–H and O–H groups in total. The number of nitrogens with zero attached hydrogens (tertiary/aromatic N) is 4. The van der Waals surface area contributed by atoms with Gasteiger partial charge < -0.3 is 30.1 Å². The molecule has 1 fully saturated rings. The van der Waals surface area contributed by atoms with E-state index in [1.165, 1.54) is 11.3 Å². The number of aromatic nitrogens is 3. The Morgan fingerprint density at radius 2 is 1.87 bits per heavy atom. The molecule has 0 saturated carbocycles. The van der Waals surface area contributed by atoms with Gasteiger partial charge in [0.2, 0.25) is 5.95 Å². The van der Waals surface area contributed by atoms with Crippen LogP contribution in [0.1, 0.15) is 22.3 Å². The van der Waals surface area contributed by atoms with E-state index in [2.05, 4.69) is 20.5 Å². The Balaban J connectivity index is 0.00000107. The normalized spacial score (nSPS) is 14.4.